The topological polar surface area (TPSA) is 23.5 Å². The summed E-state index contributed by atoms with van der Waals surface area (Å²) in [4.78, 5) is 2.37. The maximum atomic E-state index is 10.1. The standard InChI is InChI=1S/C13H17NO/c15-13-8-12(13)6-7-14(10-13)9-11-4-2-1-3-5-11/h1-5,12,15H,6-10H2/t12-,13-/m1/s1. The Kier molecular flexibility index (Phi) is 2.08. The van der Waals surface area contributed by atoms with Crippen LogP contribution >= 0.6 is 0 Å². The van der Waals surface area contributed by atoms with Crippen LogP contribution in [0, 0.1) is 5.92 Å². The molecule has 2 nitrogen and oxygen atoms in total. The Morgan fingerprint density at radius 3 is 2.87 bits per heavy atom. The van der Waals surface area contributed by atoms with Gasteiger partial charge in [-0.3, -0.25) is 4.90 Å². The van der Waals surface area contributed by atoms with E-state index < -0.39 is 0 Å². The highest BCUT2D eigenvalue weighted by Crippen LogP contribution is 2.49. The molecule has 2 heteroatoms. The molecule has 2 atom stereocenters. The van der Waals surface area contributed by atoms with Crippen molar-refractivity contribution in [3.8, 4) is 0 Å². The van der Waals surface area contributed by atoms with Gasteiger partial charge in [0.05, 0.1) is 5.60 Å². The summed E-state index contributed by atoms with van der Waals surface area (Å²) in [5.41, 5.74) is 1.02. The number of hydrogen-bond acceptors (Lipinski definition) is 2. The van der Waals surface area contributed by atoms with Crippen LogP contribution in [-0.4, -0.2) is 28.7 Å². The Morgan fingerprint density at radius 1 is 1.33 bits per heavy atom. The Hall–Kier alpha value is -0.860. The number of aliphatic hydroxyl groups is 1. The number of piperidine rings is 1. The average molecular weight is 203 g/mol. The van der Waals surface area contributed by atoms with Gasteiger partial charge in [-0.1, -0.05) is 30.3 Å². The van der Waals surface area contributed by atoms with Crippen LogP contribution in [0.1, 0.15) is 18.4 Å². The van der Waals surface area contributed by atoms with E-state index in [1.54, 1.807) is 0 Å². The maximum absolute atomic E-state index is 10.1. The fourth-order valence-electron chi connectivity index (χ4n) is 2.71. The maximum Gasteiger partial charge on any atom is 0.0807 e. The van der Waals surface area contributed by atoms with E-state index in [1.807, 2.05) is 6.07 Å². The highest BCUT2D eigenvalue weighted by Gasteiger charge is 2.55. The van der Waals surface area contributed by atoms with E-state index in [-0.39, 0.29) is 5.60 Å². The summed E-state index contributed by atoms with van der Waals surface area (Å²) in [7, 11) is 0. The van der Waals surface area contributed by atoms with Gasteiger partial charge in [-0.2, -0.15) is 0 Å². The molecule has 1 aliphatic carbocycles. The van der Waals surface area contributed by atoms with E-state index in [1.165, 1.54) is 12.0 Å². The van der Waals surface area contributed by atoms with Crippen molar-refractivity contribution in [3.63, 3.8) is 0 Å². The third-order valence-corrected chi connectivity index (χ3v) is 3.74. The average Bonchev–Trinajstić information content (AvgIpc) is 2.90. The molecule has 1 heterocycles. The number of likely N-dealkylation sites (tertiary alicyclic amines) is 1. The molecule has 0 aromatic heterocycles. The molecule has 15 heavy (non-hydrogen) atoms. The van der Waals surface area contributed by atoms with Crippen LogP contribution in [-0.2, 0) is 6.54 Å². The van der Waals surface area contributed by atoms with E-state index in [4.69, 9.17) is 0 Å². The van der Waals surface area contributed by atoms with E-state index in [9.17, 15) is 5.11 Å². The van der Waals surface area contributed by atoms with Crippen molar-refractivity contribution in [2.24, 2.45) is 5.92 Å². The molecule has 80 valence electrons. The summed E-state index contributed by atoms with van der Waals surface area (Å²) in [5.74, 6) is 0.601. The van der Waals surface area contributed by atoms with Crippen LogP contribution < -0.4 is 0 Å². The third kappa shape index (κ3) is 1.80. The lowest BCUT2D eigenvalue weighted by atomic mass is 10.1. The van der Waals surface area contributed by atoms with Crippen LogP contribution in [0.2, 0.25) is 0 Å². The molecule has 0 spiro atoms. The number of benzene rings is 1. The molecule has 1 aromatic carbocycles. The van der Waals surface area contributed by atoms with Gasteiger partial charge in [-0.15, -0.1) is 0 Å². The van der Waals surface area contributed by atoms with Crippen molar-refractivity contribution in [2.75, 3.05) is 13.1 Å². The second-order valence-electron chi connectivity index (χ2n) is 4.99. The van der Waals surface area contributed by atoms with Gasteiger partial charge in [-0.25, -0.2) is 0 Å². The zero-order valence-corrected chi connectivity index (χ0v) is 8.89. The fourth-order valence-corrected chi connectivity index (χ4v) is 2.71. The van der Waals surface area contributed by atoms with Gasteiger partial charge in [0.15, 0.2) is 0 Å². The summed E-state index contributed by atoms with van der Waals surface area (Å²) in [6.07, 6.45) is 2.20. The van der Waals surface area contributed by atoms with Crippen molar-refractivity contribution in [3.05, 3.63) is 35.9 Å². The van der Waals surface area contributed by atoms with Crippen LogP contribution in [0.15, 0.2) is 30.3 Å². The van der Waals surface area contributed by atoms with Crippen LogP contribution in [0.4, 0.5) is 0 Å². The minimum absolute atomic E-state index is 0.326. The molecule has 1 aliphatic heterocycles. The third-order valence-electron chi connectivity index (χ3n) is 3.74. The summed E-state index contributed by atoms with van der Waals surface area (Å²) < 4.78 is 0. The van der Waals surface area contributed by atoms with Gasteiger partial charge in [0.25, 0.3) is 0 Å². The second kappa shape index (κ2) is 3.32. The molecule has 0 unspecified atom stereocenters. The highest BCUT2D eigenvalue weighted by molar-refractivity contribution is 5.16. The minimum atomic E-state index is -0.326. The predicted molar refractivity (Wildman–Crippen MR) is 59.4 cm³/mol. The number of β-amino-alcohol motifs (C(OH)–C–C–N with tert-alkyl or cyclic N) is 1. The first-order valence-corrected chi connectivity index (χ1v) is 5.75. The quantitative estimate of drug-likeness (QED) is 0.790. The summed E-state index contributed by atoms with van der Waals surface area (Å²) in [6, 6.07) is 10.5. The van der Waals surface area contributed by atoms with Gasteiger partial charge in [0, 0.05) is 13.1 Å². The van der Waals surface area contributed by atoms with Gasteiger partial charge in [0.1, 0.15) is 0 Å². The summed E-state index contributed by atoms with van der Waals surface area (Å²) in [6.45, 7) is 2.99. The van der Waals surface area contributed by atoms with E-state index >= 15 is 0 Å². The van der Waals surface area contributed by atoms with Crippen molar-refractivity contribution < 1.29 is 5.11 Å². The first-order chi connectivity index (χ1) is 7.26. The minimum Gasteiger partial charge on any atom is -0.388 e. The number of fused-ring (bicyclic) bond motifs is 1. The highest BCUT2D eigenvalue weighted by atomic mass is 16.3. The van der Waals surface area contributed by atoms with Crippen molar-refractivity contribution in [1.29, 1.82) is 0 Å². The molecular formula is C13H17NO. The lowest BCUT2D eigenvalue weighted by Gasteiger charge is -2.29. The molecule has 1 saturated heterocycles. The lowest BCUT2D eigenvalue weighted by molar-refractivity contribution is 0.0468. The molecule has 1 N–H and O–H groups in total. The van der Waals surface area contributed by atoms with E-state index in [2.05, 4.69) is 29.2 Å². The van der Waals surface area contributed by atoms with Gasteiger partial charge >= 0.3 is 0 Å². The molecule has 0 amide bonds. The van der Waals surface area contributed by atoms with Crippen molar-refractivity contribution in [1.82, 2.24) is 4.90 Å². The van der Waals surface area contributed by atoms with Crippen LogP contribution in [0.3, 0.4) is 0 Å². The number of nitrogens with zero attached hydrogens (tertiary/aromatic N) is 1. The van der Waals surface area contributed by atoms with E-state index in [0.717, 1.165) is 26.1 Å². The first-order valence-electron chi connectivity index (χ1n) is 5.75. The molecule has 2 fully saturated rings. The van der Waals surface area contributed by atoms with Crippen molar-refractivity contribution >= 4 is 0 Å². The molecular weight excluding hydrogens is 186 g/mol. The first kappa shape index (κ1) is 9.37. The summed E-state index contributed by atoms with van der Waals surface area (Å²) in [5, 5.41) is 10.1. The molecule has 2 aliphatic rings. The summed E-state index contributed by atoms with van der Waals surface area (Å²) >= 11 is 0. The molecule has 1 aromatic rings. The largest absolute Gasteiger partial charge is 0.388 e. The van der Waals surface area contributed by atoms with Crippen LogP contribution in [0.5, 0.6) is 0 Å². The van der Waals surface area contributed by atoms with E-state index in [0.29, 0.717) is 5.92 Å². The monoisotopic (exact) mass is 203 g/mol. The fraction of sp³-hybridized carbons (Fsp3) is 0.538. The predicted octanol–water partition coefficient (Wildman–Crippen LogP) is 1.64. The molecule has 1 saturated carbocycles. The van der Waals surface area contributed by atoms with Gasteiger partial charge in [0.2, 0.25) is 0 Å². The van der Waals surface area contributed by atoms with Gasteiger partial charge < -0.3 is 5.11 Å². The Balaban J connectivity index is 1.64. The second-order valence-corrected chi connectivity index (χ2v) is 4.99. The molecule has 0 radical (unpaired) electrons. The normalized spacial score (nSPS) is 34.9. The zero-order chi connectivity index (χ0) is 10.3. The lowest BCUT2D eigenvalue weighted by Crippen LogP contribution is -2.39. The molecule has 3 rings (SSSR count). The zero-order valence-electron chi connectivity index (χ0n) is 8.89. The molecule has 0 bridgehead atoms. The van der Waals surface area contributed by atoms with Crippen LogP contribution in [0.25, 0.3) is 0 Å². The Bertz CT molecular complexity index is 351. The SMILES string of the molecule is O[C@@]12C[C@H]1CCN(Cc1ccccc1)C2. The number of rotatable bonds is 2. The Morgan fingerprint density at radius 2 is 2.13 bits per heavy atom. The smallest absolute Gasteiger partial charge is 0.0807 e. The van der Waals surface area contributed by atoms with Gasteiger partial charge in [-0.05, 0) is 30.9 Å². The Labute approximate surface area is 90.5 Å². The number of hydrogen-bond donors (Lipinski definition) is 1. The van der Waals surface area contributed by atoms with Crippen molar-refractivity contribution in [2.45, 2.75) is 25.0 Å².